The molecule has 0 N–H and O–H groups in total. The van der Waals surface area contributed by atoms with Gasteiger partial charge in [-0.25, -0.2) is 0 Å². The zero-order valence-corrected chi connectivity index (χ0v) is 10.3. The average molecular weight is 263 g/mol. The van der Waals surface area contributed by atoms with Gasteiger partial charge in [-0.05, 0) is 19.3 Å². The Balaban J connectivity index is 1.87. The molecule has 1 aliphatic heterocycles. The van der Waals surface area contributed by atoms with Gasteiger partial charge in [-0.1, -0.05) is 27.7 Å². The van der Waals surface area contributed by atoms with Crippen molar-refractivity contribution in [2.24, 2.45) is 4.99 Å². The molecule has 0 aromatic rings. The van der Waals surface area contributed by atoms with Gasteiger partial charge in [0.05, 0.1) is 6.54 Å². The molecule has 74 valence electrons. The minimum absolute atomic E-state index is 0.664. The lowest BCUT2D eigenvalue weighted by Gasteiger charge is -2.35. The Labute approximate surface area is 92.3 Å². The van der Waals surface area contributed by atoms with E-state index in [0.29, 0.717) is 5.25 Å². The number of amidine groups is 1. The Hall–Kier alpha value is 0.300. The molecule has 1 aliphatic carbocycles. The van der Waals surface area contributed by atoms with Crippen molar-refractivity contribution in [3.8, 4) is 0 Å². The third-order valence-electron chi connectivity index (χ3n) is 2.80. The molecule has 1 fully saturated rings. The molecule has 0 spiro atoms. The Bertz CT molecular complexity index is 216. The van der Waals surface area contributed by atoms with E-state index in [1.54, 1.807) is 0 Å². The number of hydrogen-bond donors (Lipinski definition) is 0. The van der Waals surface area contributed by atoms with E-state index in [-0.39, 0.29) is 0 Å². The predicted octanol–water partition coefficient (Wildman–Crippen LogP) is 2.34. The van der Waals surface area contributed by atoms with Gasteiger partial charge in [-0.3, -0.25) is 4.99 Å². The lowest BCUT2D eigenvalue weighted by Crippen LogP contribution is -2.39. The van der Waals surface area contributed by atoms with E-state index in [9.17, 15) is 0 Å². The van der Waals surface area contributed by atoms with Gasteiger partial charge in [0.1, 0.15) is 0 Å². The van der Waals surface area contributed by atoms with Crippen LogP contribution < -0.4 is 0 Å². The predicted molar refractivity (Wildman–Crippen MR) is 62.9 cm³/mol. The van der Waals surface area contributed by atoms with Gasteiger partial charge in [0.25, 0.3) is 0 Å². The second-order valence-electron chi connectivity index (χ2n) is 3.71. The molecule has 1 heterocycles. The summed E-state index contributed by atoms with van der Waals surface area (Å²) in [5, 5.41) is 2.98. The van der Waals surface area contributed by atoms with E-state index in [4.69, 9.17) is 0 Å². The van der Waals surface area contributed by atoms with E-state index < -0.39 is 0 Å². The largest absolute Gasteiger partial charge is 0.352 e. The Morgan fingerprint density at radius 3 is 2.85 bits per heavy atom. The summed E-state index contributed by atoms with van der Waals surface area (Å²) in [6, 6.07) is 0.778. The minimum Gasteiger partial charge on any atom is -0.352 e. The molecule has 1 saturated carbocycles. The summed E-state index contributed by atoms with van der Waals surface area (Å²) in [5.74, 6) is 0. The molecule has 2 aliphatic rings. The standard InChI is InChI=1S/C9H15BrN2S/c1-12(7-3-2-4-7)9-11-6-8(5-10)13-9/h7-8H,2-6H2,1H3. The van der Waals surface area contributed by atoms with E-state index in [0.717, 1.165) is 17.9 Å². The van der Waals surface area contributed by atoms with Crippen LogP contribution >= 0.6 is 27.7 Å². The number of alkyl halides is 1. The molecule has 1 unspecified atom stereocenters. The van der Waals surface area contributed by atoms with Gasteiger partial charge in [0.15, 0.2) is 5.17 Å². The van der Waals surface area contributed by atoms with Crippen LogP contribution in [-0.4, -0.2) is 40.3 Å². The summed E-state index contributed by atoms with van der Waals surface area (Å²) < 4.78 is 0. The van der Waals surface area contributed by atoms with E-state index >= 15 is 0 Å². The fourth-order valence-corrected chi connectivity index (χ4v) is 3.18. The molecule has 1 atom stereocenters. The second-order valence-corrected chi connectivity index (χ2v) is 5.63. The number of halogens is 1. The lowest BCUT2D eigenvalue weighted by atomic mass is 9.92. The van der Waals surface area contributed by atoms with Crippen LogP contribution in [0.1, 0.15) is 19.3 Å². The Kier molecular flexibility index (Phi) is 3.19. The molecular formula is C9H15BrN2S. The highest BCUT2D eigenvalue weighted by Gasteiger charge is 2.28. The number of hydrogen-bond acceptors (Lipinski definition) is 3. The molecule has 4 heteroatoms. The highest BCUT2D eigenvalue weighted by atomic mass is 79.9. The molecule has 0 amide bonds. The van der Waals surface area contributed by atoms with Crippen molar-refractivity contribution in [1.29, 1.82) is 0 Å². The normalized spacial score (nSPS) is 28.5. The third-order valence-corrected chi connectivity index (χ3v) is 5.29. The smallest absolute Gasteiger partial charge is 0.159 e. The van der Waals surface area contributed by atoms with Crippen LogP contribution in [0.4, 0.5) is 0 Å². The number of aliphatic imine (C=N–C) groups is 1. The first kappa shape index (κ1) is 9.84. The maximum absolute atomic E-state index is 4.57. The summed E-state index contributed by atoms with van der Waals surface area (Å²) >= 11 is 5.43. The lowest BCUT2D eigenvalue weighted by molar-refractivity contribution is 0.244. The molecule has 2 nitrogen and oxygen atoms in total. The summed E-state index contributed by atoms with van der Waals surface area (Å²) in [6.45, 7) is 0.988. The van der Waals surface area contributed by atoms with Gasteiger partial charge in [-0.2, -0.15) is 0 Å². The topological polar surface area (TPSA) is 15.6 Å². The van der Waals surface area contributed by atoms with Crippen molar-refractivity contribution < 1.29 is 0 Å². The monoisotopic (exact) mass is 262 g/mol. The summed E-state index contributed by atoms with van der Waals surface area (Å²) in [6.07, 6.45) is 4.11. The van der Waals surface area contributed by atoms with Crippen molar-refractivity contribution in [3.63, 3.8) is 0 Å². The molecule has 2 rings (SSSR count). The van der Waals surface area contributed by atoms with Gasteiger partial charge in [-0.15, -0.1) is 0 Å². The average Bonchev–Trinajstić information content (AvgIpc) is 2.48. The summed E-state index contributed by atoms with van der Waals surface area (Å²) in [5.41, 5.74) is 0. The van der Waals surface area contributed by atoms with Crippen molar-refractivity contribution in [2.45, 2.75) is 30.6 Å². The van der Waals surface area contributed by atoms with Gasteiger partial charge < -0.3 is 4.90 Å². The Morgan fingerprint density at radius 2 is 2.38 bits per heavy atom. The summed E-state index contributed by atoms with van der Waals surface area (Å²) in [7, 11) is 2.19. The van der Waals surface area contributed by atoms with Crippen LogP contribution in [0.5, 0.6) is 0 Å². The molecule has 13 heavy (non-hydrogen) atoms. The molecular weight excluding hydrogens is 248 g/mol. The van der Waals surface area contributed by atoms with Crippen LogP contribution in [-0.2, 0) is 0 Å². The van der Waals surface area contributed by atoms with Gasteiger partial charge >= 0.3 is 0 Å². The maximum atomic E-state index is 4.57. The molecule has 0 bridgehead atoms. The number of thioether (sulfide) groups is 1. The fraction of sp³-hybridized carbons (Fsp3) is 0.889. The van der Waals surface area contributed by atoms with E-state index in [1.807, 2.05) is 11.8 Å². The van der Waals surface area contributed by atoms with Crippen molar-refractivity contribution in [1.82, 2.24) is 4.90 Å². The summed E-state index contributed by atoms with van der Waals surface area (Å²) in [4.78, 5) is 6.94. The SMILES string of the molecule is CN(C1=NCC(CBr)S1)C1CCC1. The maximum Gasteiger partial charge on any atom is 0.159 e. The van der Waals surface area contributed by atoms with Gasteiger partial charge in [0, 0.05) is 23.7 Å². The molecule has 0 saturated heterocycles. The third kappa shape index (κ3) is 2.04. The van der Waals surface area contributed by atoms with Crippen LogP contribution in [0, 0.1) is 0 Å². The zero-order valence-electron chi connectivity index (χ0n) is 7.87. The molecule has 0 aromatic carbocycles. The van der Waals surface area contributed by atoms with Gasteiger partial charge in [0.2, 0.25) is 0 Å². The second kappa shape index (κ2) is 4.22. The van der Waals surface area contributed by atoms with Crippen LogP contribution in [0.25, 0.3) is 0 Å². The van der Waals surface area contributed by atoms with Crippen molar-refractivity contribution >= 4 is 32.9 Å². The number of rotatable bonds is 2. The first-order valence-electron chi connectivity index (χ1n) is 4.81. The van der Waals surface area contributed by atoms with E-state index in [1.165, 1.54) is 24.4 Å². The fourth-order valence-electron chi connectivity index (χ4n) is 1.61. The van der Waals surface area contributed by atoms with E-state index in [2.05, 4.69) is 32.9 Å². The first-order chi connectivity index (χ1) is 6.31. The van der Waals surface area contributed by atoms with Crippen LogP contribution in [0.3, 0.4) is 0 Å². The highest BCUT2D eigenvalue weighted by molar-refractivity contribution is 9.09. The highest BCUT2D eigenvalue weighted by Crippen LogP contribution is 2.30. The van der Waals surface area contributed by atoms with Crippen LogP contribution in [0.15, 0.2) is 4.99 Å². The molecule has 0 aromatic heterocycles. The first-order valence-corrected chi connectivity index (χ1v) is 6.81. The Morgan fingerprint density at radius 1 is 1.62 bits per heavy atom. The van der Waals surface area contributed by atoms with Crippen LogP contribution in [0.2, 0.25) is 0 Å². The molecule has 0 radical (unpaired) electrons. The van der Waals surface area contributed by atoms with Crippen molar-refractivity contribution in [3.05, 3.63) is 0 Å². The quantitative estimate of drug-likeness (QED) is 0.711. The number of nitrogens with zero attached hydrogens (tertiary/aromatic N) is 2. The zero-order chi connectivity index (χ0) is 9.26. The minimum atomic E-state index is 0.664. The van der Waals surface area contributed by atoms with Crippen molar-refractivity contribution in [2.75, 3.05) is 18.9 Å².